The van der Waals surface area contributed by atoms with Gasteiger partial charge < -0.3 is 10.5 Å². The summed E-state index contributed by atoms with van der Waals surface area (Å²) in [5.41, 5.74) is 10.5. The molecule has 0 bridgehead atoms. The highest BCUT2D eigenvalue weighted by Gasteiger charge is 2.14. The lowest BCUT2D eigenvalue weighted by atomic mass is 10.1. The fourth-order valence-electron chi connectivity index (χ4n) is 2.70. The lowest BCUT2D eigenvalue weighted by molar-refractivity contribution is 0.415. The van der Waals surface area contributed by atoms with Gasteiger partial charge in [-0.25, -0.2) is 9.97 Å². The van der Waals surface area contributed by atoms with E-state index < -0.39 is 0 Å². The van der Waals surface area contributed by atoms with Crippen LogP contribution in [0.4, 0.5) is 5.82 Å². The Hall–Kier alpha value is -2.60. The Morgan fingerprint density at radius 2 is 1.91 bits per heavy atom. The number of nitrogens with zero attached hydrogens (tertiary/aromatic N) is 3. The molecule has 6 heteroatoms. The molecular formula is C17H13BrN4O. The van der Waals surface area contributed by atoms with Crippen molar-refractivity contribution in [1.82, 2.24) is 14.4 Å². The number of aromatic nitrogens is 3. The van der Waals surface area contributed by atoms with E-state index >= 15 is 0 Å². The summed E-state index contributed by atoms with van der Waals surface area (Å²) in [6, 6.07) is 13.7. The van der Waals surface area contributed by atoms with Crippen LogP contribution in [0.2, 0.25) is 0 Å². The summed E-state index contributed by atoms with van der Waals surface area (Å²) in [6.45, 7) is 0. The van der Waals surface area contributed by atoms with E-state index in [1.54, 1.807) is 13.4 Å². The van der Waals surface area contributed by atoms with Crippen LogP contribution in [0.1, 0.15) is 0 Å². The Balaban J connectivity index is 2.02. The fraction of sp³-hybridized carbons (Fsp3) is 0.0588. The molecule has 2 N–H and O–H groups in total. The molecule has 0 spiro atoms. The summed E-state index contributed by atoms with van der Waals surface area (Å²) in [5, 5.41) is 0. The number of ether oxygens (including phenoxy) is 1. The molecule has 0 amide bonds. The van der Waals surface area contributed by atoms with Crippen molar-refractivity contribution in [2.75, 3.05) is 12.8 Å². The van der Waals surface area contributed by atoms with Gasteiger partial charge in [0, 0.05) is 16.1 Å². The number of imidazole rings is 1. The predicted molar refractivity (Wildman–Crippen MR) is 94.6 cm³/mol. The average molecular weight is 369 g/mol. The minimum Gasteiger partial charge on any atom is -0.497 e. The molecule has 0 aliphatic heterocycles. The van der Waals surface area contributed by atoms with Gasteiger partial charge in [0.15, 0.2) is 5.82 Å². The standard InChI is InChI=1S/C17H13BrN4O/c1-23-12-6-7-14-13(8-12)21-17(19)16-15(20-9-22(14)16)10-2-4-11(18)5-3-10/h2-9H,1H3,(H2,19,21). The van der Waals surface area contributed by atoms with Crippen LogP contribution in [-0.2, 0) is 0 Å². The molecule has 0 radical (unpaired) electrons. The third kappa shape index (κ3) is 2.22. The van der Waals surface area contributed by atoms with E-state index in [0.29, 0.717) is 5.82 Å². The van der Waals surface area contributed by atoms with Gasteiger partial charge in [0.2, 0.25) is 0 Å². The van der Waals surface area contributed by atoms with E-state index in [-0.39, 0.29) is 0 Å². The number of fused-ring (bicyclic) bond motifs is 3. The fourth-order valence-corrected chi connectivity index (χ4v) is 2.97. The maximum atomic E-state index is 6.20. The first-order valence-corrected chi connectivity index (χ1v) is 7.83. The molecule has 2 aromatic carbocycles. The molecule has 0 fully saturated rings. The Morgan fingerprint density at radius 3 is 2.65 bits per heavy atom. The van der Waals surface area contributed by atoms with Gasteiger partial charge in [-0.15, -0.1) is 0 Å². The lowest BCUT2D eigenvalue weighted by Gasteiger charge is -2.07. The third-order valence-electron chi connectivity index (χ3n) is 3.81. The van der Waals surface area contributed by atoms with E-state index in [1.807, 2.05) is 46.9 Å². The molecule has 23 heavy (non-hydrogen) atoms. The van der Waals surface area contributed by atoms with Crippen LogP contribution < -0.4 is 10.5 Å². The number of rotatable bonds is 2. The molecule has 0 saturated heterocycles. The van der Waals surface area contributed by atoms with Gasteiger partial charge in [-0.1, -0.05) is 28.1 Å². The highest BCUT2D eigenvalue weighted by Crippen LogP contribution is 2.31. The van der Waals surface area contributed by atoms with Crippen molar-refractivity contribution in [3.8, 4) is 17.0 Å². The van der Waals surface area contributed by atoms with Crippen LogP contribution in [-0.4, -0.2) is 21.5 Å². The van der Waals surface area contributed by atoms with Crippen molar-refractivity contribution >= 4 is 38.3 Å². The average Bonchev–Trinajstić information content (AvgIpc) is 3.01. The molecule has 4 rings (SSSR count). The van der Waals surface area contributed by atoms with Crippen molar-refractivity contribution in [2.45, 2.75) is 0 Å². The summed E-state index contributed by atoms with van der Waals surface area (Å²) >= 11 is 3.44. The highest BCUT2D eigenvalue weighted by molar-refractivity contribution is 9.10. The van der Waals surface area contributed by atoms with Gasteiger partial charge in [0.25, 0.3) is 0 Å². The van der Waals surface area contributed by atoms with Gasteiger partial charge in [0.1, 0.15) is 17.6 Å². The van der Waals surface area contributed by atoms with Gasteiger partial charge in [-0.3, -0.25) is 4.40 Å². The molecule has 0 aliphatic rings. The topological polar surface area (TPSA) is 65.4 Å². The van der Waals surface area contributed by atoms with Crippen molar-refractivity contribution < 1.29 is 4.74 Å². The molecule has 0 atom stereocenters. The molecule has 4 aromatic rings. The molecule has 0 saturated carbocycles. The number of nitrogen functional groups attached to an aromatic ring is 1. The first kappa shape index (κ1) is 14.0. The smallest absolute Gasteiger partial charge is 0.150 e. The SMILES string of the molecule is COc1ccc2c(c1)nc(N)c1c(-c3ccc(Br)cc3)ncn12. The zero-order chi connectivity index (χ0) is 16.0. The summed E-state index contributed by atoms with van der Waals surface area (Å²) in [5.74, 6) is 1.19. The summed E-state index contributed by atoms with van der Waals surface area (Å²) in [6.07, 6.45) is 1.78. The van der Waals surface area contributed by atoms with Crippen LogP contribution in [0.5, 0.6) is 5.75 Å². The largest absolute Gasteiger partial charge is 0.497 e. The van der Waals surface area contributed by atoms with E-state index in [4.69, 9.17) is 10.5 Å². The summed E-state index contributed by atoms with van der Waals surface area (Å²) in [7, 11) is 1.63. The monoisotopic (exact) mass is 368 g/mol. The minimum atomic E-state index is 0.446. The zero-order valence-electron chi connectivity index (χ0n) is 12.3. The van der Waals surface area contributed by atoms with Crippen molar-refractivity contribution in [3.05, 3.63) is 53.3 Å². The Morgan fingerprint density at radius 1 is 1.13 bits per heavy atom. The maximum Gasteiger partial charge on any atom is 0.150 e. The summed E-state index contributed by atoms with van der Waals surface area (Å²) < 4.78 is 8.24. The molecule has 0 unspecified atom stereocenters. The second-order valence-corrected chi connectivity index (χ2v) is 6.09. The number of halogens is 1. The minimum absolute atomic E-state index is 0.446. The zero-order valence-corrected chi connectivity index (χ0v) is 13.9. The van der Waals surface area contributed by atoms with Crippen molar-refractivity contribution in [1.29, 1.82) is 0 Å². The van der Waals surface area contributed by atoms with Gasteiger partial charge in [-0.05, 0) is 24.3 Å². The number of methoxy groups -OCH3 is 1. The molecule has 2 aromatic heterocycles. The first-order chi connectivity index (χ1) is 11.2. The van der Waals surface area contributed by atoms with E-state index in [1.165, 1.54) is 0 Å². The van der Waals surface area contributed by atoms with Gasteiger partial charge in [0.05, 0.1) is 23.8 Å². The van der Waals surface area contributed by atoms with E-state index in [9.17, 15) is 0 Å². The van der Waals surface area contributed by atoms with E-state index in [0.717, 1.165) is 38.0 Å². The van der Waals surface area contributed by atoms with Crippen LogP contribution in [0, 0.1) is 0 Å². The van der Waals surface area contributed by atoms with Crippen LogP contribution in [0.25, 0.3) is 27.8 Å². The van der Waals surface area contributed by atoms with Crippen LogP contribution in [0.15, 0.2) is 53.3 Å². The lowest BCUT2D eigenvalue weighted by Crippen LogP contribution is -1.98. The Bertz CT molecular complexity index is 1020. The highest BCUT2D eigenvalue weighted by atomic mass is 79.9. The van der Waals surface area contributed by atoms with Gasteiger partial charge >= 0.3 is 0 Å². The van der Waals surface area contributed by atoms with E-state index in [2.05, 4.69) is 25.9 Å². The van der Waals surface area contributed by atoms with Crippen molar-refractivity contribution in [3.63, 3.8) is 0 Å². The quantitative estimate of drug-likeness (QED) is 0.582. The molecule has 114 valence electrons. The van der Waals surface area contributed by atoms with Gasteiger partial charge in [-0.2, -0.15) is 0 Å². The molecular weight excluding hydrogens is 356 g/mol. The third-order valence-corrected chi connectivity index (χ3v) is 4.34. The Kier molecular flexibility index (Phi) is 3.20. The maximum absolute atomic E-state index is 6.20. The normalized spacial score (nSPS) is 11.2. The molecule has 2 heterocycles. The van der Waals surface area contributed by atoms with Crippen molar-refractivity contribution in [2.24, 2.45) is 0 Å². The second-order valence-electron chi connectivity index (χ2n) is 5.17. The second kappa shape index (κ2) is 5.24. The molecule has 0 aliphatic carbocycles. The number of hydrogen-bond acceptors (Lipinski definition) is 4. The Labute approximate surface area is 140 Å². The number of benzene rings is 2. The van der Waals surface area contributed by atoms with Crippen LogP contribution in [0.3, 0.4) is 0 Å². The summed E-state index contributed by atoms with van der Waals surface area (Å²) in [4.78, 5) is 9.06. The number of anilines is 1. The number of nitrogens with two attached hydrogens (primary N) is 1. The van der Waals surface area contributed by atoms with Crippen LogP contribution >= 0.6 is 15.9 Å². The first-order valence-electron chi connectivity index (χ1n) is 7.03. The number of hydrogen-bond donors (Lipinski definition) is 1. The molecule has 5 nitrogen and oxygen atoms in total. The predicted octanol–water partition coefficient (Wildman–Crippen LogP) is 3.90.